The van der Waals surface area contributed by atoms with Gasteiger partial charge in [-0.05, 0) is 19.3 Å². The quantitative estimate of drug-likeness (QED) is 0.841. The minimum absolute atomic E-state index is 0.139. The van der Waals surface area contributed by atoms with Crippen LogP contribution in [-0.4, -0.2) is 36.6 Å². The first kappa shape index (κ1) is 16.3. The highest BCUT2D eigenvalue weighted by atomic mass is 19.4. The van der Waals surface area contributed by atoms with Crippen LogP contribution in [0.1, 0.15) is 45.4 Å². The number of halogens is 3. The molecule has 2 N–H and O–H groups in total. The van der Waals surface area contributed by atoms with Crippen LogP contribution >= 0.6 is 0 Å². The van der Waals surface area contributed by atoms with Gasteiger partial charge in [-0.15, -0.1) is 0 Å². The van der Waals surface area contributed by atoms with Crippen molar-refractivity contribution in [1.29, 1.82) is 0 Å². The Morgan fingerprint density at radius 2 is 1.84 bits per heavy atom. The molecule has 1 amide bonds. The van der Waals surface area contributed by atoms with Crippen LogP contribution < -0.4 is 5.73 Å². The standard InChI is InChI=1S/C13H23F3N2O/c1-2-8-18(10-13(14,15)16)11(19)12(9-17)6-4-3-5-7-12/h2-10,17H2,1H3. The van der Waals surface area contributed by atoms with E-state index < -0.39 is 24.0 Å². The molecule has 0 bridgehead atoms. The van der Waals surface area contributed by atoms with E-state index in [-0.39, 0.29) is 13.1 Å². The second-order valence-corrected chi connectivity index (χ2v) is 5.39. The highest BCUT2D eigenvalue weighted by Gasteiger charge is 2.43. The molecule has 3 nitrogen and oxygen atoms in total. The molecule has 0 aromatic carbocycles. The number of alkyl halides is 3. The molecule has 1 rings (SSSR count). The molecular weight excluding hydrogens is 257 g/mol. The zero-order chi connectivity index (χ0) is 14.5. The summed E-state index contributed by atoms with van der Waals surface area (Å²) in [6.45, 7) is 0.887. The molecule has 0 heterocycles. The van der Waals surface area contributed by atoms with Crippen LogP contribution in [-0.2, 0) is 4.79 Å². The molecule has 1 aliphatic carbocycles. The zero-order valence-electron chi connectivity index (χ0n) is 11.4. The number of carbonyl (C=O) groups excluding carboxylic acids is 1. The maximum Gasteiger partial charge on any atom is 0.406 e. The van der Waals surface area contributed by atoms with Crippen LogP contribution in [0, 0.1) is 5.41 Å². The number of carbonyl (C=O) groups is 1. The smallest absolute Gasteiger partial charge is 0.333 e. The van der Waals surface area contributed by atoms with Crippen molar-refractivity contribution in [2.45, 2.75) is 51.6 Å². The number of hydrogen-bond acceptors (Lipinski definition) is 2. The average molecular weight is 280 g/mol. The van der Waals surface area contributed by atoms with Crippen molar-refractivity contribution in [1.82, 2.24) is 4.90 Å². The molecule has 1 saturated carbocycles. The van der Waals surface area contributed by atoms with Crippen molar-refractivity contribution in [3.8, 4) is 0 Å². The van der Waals surface area contributed by atoms with Crippen LogP contribution in [0.5, 0.6) is 0 Å². The Balaban J connectivity index is 2.84. The van der Waals surface area contributed by atoms with Gasteiger partial charge >= 0.3 is 6.18 Å². The number of rotatable bonds is 5. The maximum absolute atomic E-state index is 12.6. The molecule has 0 spiro atoms. The fourth-order valence-corrected chi connectivity index (χ4v) is 2.81. The Bertz CT molecular complexity index is 299. The highest BCUT2D eigenvalue weighted by molar-refractivity contribution is 5.83. The summed E-state index contributed by atoms with van der Waals surface area (Å²) in [5.41, 5.74) is 4.94. The van der Waals surface area contributed by atoms with Crippen molar-refractivity contribution < 1.29 is 18.0 Å². The molecule has 1 fully saturated rings. The summed E-state index contributed by atoms with van der Waals surface area (Å²) in [5.74, 6) is -0.408. The Kier molecular flexibility index (Phi) is 5.64. The van der Waals surface area contributed by atoms with Gasteiger partial charge in [-0.2, -0.15) is 13.2 Å². The van der Waals surface area contributed by atoms with E-state index in [2.05, 4.69) is 0 Å². The molecular formula is C13H23F3N2O. The lowest BCUT2D eigenvalue weighted by atomic mass is 9.73. The van der Waals surface area contributed by atoms with Gasteiger partial charge in [0.05, 0.1) is 5.41 Å². The SMILES string of the molecule is CCCN(CC(F)(F)F)C(=O)C1(CN)CCCCC1. The minimum Gasteiger partial charge on any atom is -0.333 e. The fourth-order valence-electron chi connectivity index (χ4n) is 2.81. The normalized spacial score (nSPS) is 19.2. The Morgan fingerprint density at radius 1 is 1.26 bits per heavy atom. The lowest BCUT2D eigenvalue weighted by Crippen LogP contribution is -2.51. The Hall–Kier alpha value is -0.780. The zero-order valence-corrected chi connectivity index (χ0v) is 11.4. The van der Waals surface area contributed by atoms with E-state index in [1.165, 1.54) is 0 Å². The highest BCUT2D eigenvalue weighted by Crippen LogP contribution is 2.37. The number of nitrogens with two attached hydrogens (primary N) is 1. The fraction of sp³-hybridized carbons (Fsp3) is 0.923. The molecule has 6 heteroatoms. The first-order valence-electron chi connectivity index (χ1n) is 6.91. The maximum atomic E-state index is 12.6. The summed E-state index contributed by atoms with van der Waals surface area (Å²) in [6, 6.07) is 0. The third-order valence-electron chi connectivity index (χ3n) is 3.81. The third kappa shape index (κ3) is 4.37. The minimum atomic E-state index is -4.35. The van der Waals surface area contributed by atoms with Gasteiger partial charge in [0.15, 0.2) is 0 Å². The molecule has 0 radical (unpaired) electrons. The van der Waals surface area contributed by atoms with Crippen molar-refractivity contribution in [2.75, 3.05) is 19.6 Å². The van der Waals surface area contributed by atoms with Gasteiger partial charge in [0.25, 0.3) is 0 Å². The summed E-state index contributed by atoms with van der Waals surface area (Å²) in [6.07, 6.45) is 0.157. The largest absolute Gasteiger partial charge is 0.406 e. The van der Waals surface area contributed by atoms with E-state index in [0.29, 0.717) is 19.3 Å². The van der Waals surface area contributed by atoms with E-state index in [1.807, 2.05) is 0 Å². The Morgan fingerprint density at radius 3 is 2.26 bits per heavy atom. The van der Waals surface area contributed by atoms with Crippen LogP contribution in [0.4, 0.5) is 13.2 Å². The second kappa shape index (κ2) is 6.59. The van der Waals surface area contributed by atoms with E-state index in [9.17, 15) is 18.0 Å². The number of nitrogens with zero attached hydrogens (tertiary/aromatic N) is 1. The monoisotopic (exact) mass is 280 g/mol. The van der Waals surface area contributed by atoms with Gasteiger partial charge in [0, 0.05) is 13.1 Å². The lowest BCUT2D eigenvalue weighted by Gasteiger charge is -2.39. The molecule has 0 saturated heterocycles. The molecule has 19 heavy (non-hydrogen) atoms. The topological polar surface area (TPSA) is 46.3 Å². The van der Waals surface area contributed by atoms with Crippen molar-refractivity contribution in [3.05, 3.63) is 0 Å². The molecule has 0 atom stereocenters. The van der Waals surface area contributed by atoms with Crippen molar-refractivity contribution in [3.63, 3.8) is 0 Å². The molecule has 1 aliphatic rings. The van der Waals surface area contributed by atoms with E-state index in [1.54, 1.807) is 6.92 Å². The van der Waals surface area contributed by atoms with Crippen LogP contribution in [0.15, 0.2) is 0 Å². The van der Waals surface area contributed by atoms with E-state index in [0.717, 1.165) is 24.2 Å². The summed E-state index contributed by atoms with van der Waals surface area (Å²) >= 11 is 0. The lowest BCUT2D eigenvalue weighted by molar-refractivity contribution is -0.168. The van der Waals surface area contributed by atoms with E-state index >= 15 is 0 Å². The molecule has 0 unspecified atom stereocenters. The predicted octanol–water partition coefficient (Wildman–Crippen LogP) is 2.70. The molecule has 0 aromatic heterocycles. The summed E-state index contributed by atoms with van der Waals surface area (Å²) in [4.78, 5) is 13.4. The Labute approximate surface area is 112 Å². The number of hydrogen-bond donors (Lipinski definition) is 1. The summed E-state index contributed by atoms with van der Waals surface area (Å²) < 4.78 is 37.7. The van der Waals surface area contributed by atoms with Gasteiger partial charge in [-0.25, -0.2) is 0 Å². The van der Waals surface area contributed by atoms with Gasteiger partial charge in [-0.3, -0.25) is 4.79 Å². The number of amides is 1. The first-order chi connectivity index (χ1) is 8.84. The van der Waals surface area contributed by atoms with Gasteiger partial charge in [-0.1, -0.05) is 26.2 Å². The second-order valence-electron chi connectivity index (χ2n) is 5.39. The first-order valence-corrected chi connectivity index (χ1v) is 6.91. The van der Waals surface area contributed by atoms with Gasteiger partial charge < -0.3 is 10.6 Å². The van der Waals surface area contributed by atoms with Gasteiger partial charge in [0.1, 0.15) is 6.54 Å². The van der Waals surface area contributed by atoms with E-state index in [4.69, 9.17) is 5.73 Å². The van der Waals surface area contributed by atoms with Crippen LogP contribution in [0.3, 0.4) is 0 Å². The van der Waals surface area contributed by atoms with Crippen LogP contribution in [0.2, 0.25) is 0 Å². The third-order valence-corrected chi connectivity index (χ3v) is 3.81. The van der Waals surface area contributed by atoms with Crippen molar-refractivity contribution >= 4 is 5.91 Å². The molecule has 0 aliphatic heterocycles. The molecule has 112 valence electrons. The van der Waals surface area contributed by atoms with Gasteiger partial charge in [0.2, 0.25) is 5.91 Å². The predicted molar refractivity (Wildman–Crippen MR) is 67.5 cm³/mol. The van der Waals surface area contributed by atoms with Crippen LogP contribution in [0.25, 0.3) is 0 Å². The summed E-state index contributed by atoms with van der Waals surface area (Å²) in [7, 11) is 0. The average Bonchev–Trinajstić information content (AvgIpc) is 2.36. The van der Waals surface area contributed by atoms with Crippen molar-refractivity contribution in [2.24, 2.45) is 11.1 Å². The molecule has 0 aromatic rings. The summed E-state index contributed by atoms with van der Waals surface area (Å²) in [5, 5.41) is 0.